The predicted molar refractivity (Wildman–Crippen MR) is 111 cm³/mol. The van der Waals surface area contributed by atoms with Gasteiger partial charge in [0.25, 0.3) is 0 Å². The molecule has 2 aromatic heterocycles. The van der Waals surface area contributed by atoms with Crippen LogP contribution in [0.5, 0.6) is 0 Å². The van der Waals surface area contributed by atoms with Crippen molar-refractivity contribution in [1.29, 1.82) is 0 Å². The lowest BCUT2D eigenvalue weighted by Crippen LogP contribution is -2.31. The highest BCUT2D eigenvalue weighted by molar-refractivity contribution is 7.18. The van der Waals surface area contributed by atoms with Crippen LogP contribution in [0.2, 0.25) is 4.34 Å². The number of aromatic nitrogens is 3. The van der Waals surface area contributed by atoms with E-state index in [0.29, 0.717) is 48.2 Å². The van der Waals surface area contributed by atoms with Gasteiger partial charge < -0.3 is 9.64 Å². The van der Waals surface area contributed by atoms with Crippen LogP contribution in [0.3, 0.4) is 0 Å². The quantitative estimate of drug-likeness (QED) is 0.559. The molecule has 150 valence electrons. The number of thiophene rings is 1. The van der Waals surface area contributed by atoms with Gasteiger partial charge in [-0.1, -0.05) is 16.8 Å². The Morgan fingerprint density at radius 2 is 1.93 bits per heavy atom. The second-order valence-electron chi connectivity index (χ2n) is 6.61. The van der Waals surface area contributed by atoms with E-state index in [1.54, 1.807) is 21.7 Å². The zero-order chi connectivity index (χ0) is 20.2. The zero-order valence-corrected chi connectivity index (χ0v) is 17.2. The number of amides is 1. The molecule has 7 nitrogen and oxygen atoms in total. The maximum Gasteiger partial charge on any atom is 0.229 e. The first-order valence-electron chi connectivity index (χ1n) is 9.28. The molecule has 0 spiro atoms. The Kier molecular flexibility index (Phi) is 6.03. The third-order valence-electron chi connectivity index (χ3n) is 4.64. The van der Waals surface area contributed by atoms with Gasteiger partial charge in [0.15, 0.2) is 5.78 Å². The van der Waals surface area contributed by atoms with Gasteiger partial charge in [-0.25, -0.2) is 4.68 Å². The highest BCUT2D eigenvalue weighted by Crippen LogP contribution is 2.23. The summed E-state index contributed by atoms with van der Waals surface area (Å²) >= 11 is 7.17. The summed E-state index contributed by atoms with van der Waals surface area (Å²) in [6.07, 6.45) is 3.07. The summed E-state index contributed by atoms with van der Waals surface area (Å²) in [4.78, 5) is 26.8. The zero-order valence-electron chi connectivity index (χ0n) is 15.6. The summed E-state index contributed by atoms with van der Waals surface area (Å²) in [5, 5.41) is 8.31. The van der Waals surface area contributed by atoms with E-state index in [9.17, 15) is 9.59 Å². The first-order valence-corrected chi connectivity index (χ1v) is 10.5. The predicted octanol–water partition coefficient (Wildman–Crippen LogP) is 3.55. The molecule has 29 heavy (non-hydrogen) atoms. The van der Waals surface area contributed by atoms with Crippen molar-refractivity contribution in [2.75, 3.05) is 24.7 Å². The summed E-state index contributed by atoms with van der Waals surface area (Å²) in [6, 6.07) is 11.0. The molecule has 0 aliphatic carbocycles. The summed E-state index contributed by atoms with van der Waals surface area (Å²) < 4.78 is 7.64. The van der Waals surface area contributed by atoms with Crippen molar-refractivity contribution in [2.24, 2.45) is 0 Å². The second kappa shape index (κ2) is 8.86. The van der Waals surface area contributed by atoms with E-state index in [0.717, 1.165) is 17.1 Å². The Bertz CT molecular complexity index is 1010. The molecule has 1 aliphatic rings. The molecular weight excluding hydrogens is 412 g/mol. The molecule has 4 rings (SSSR count). The average Bonchev–Trinajstić information content (AvgIpc) is 3.33. The van der Waals surface area contributed by atoms with Crippen LogP contribution in [0.15, 0.2) is 42.6 Å². The van der Waals surface area contributed by atoms with Crippen LogP contribution in [0.25, 0.3) is 5.69 Å². The number of Topliss-reactive ketones (excluding diaryl/α,β-unsaturated/α-hetero) is 1. The van der Waals surface area contributed by atoms with Crippen LogP contribution in [-0.2, 0) is 16.0 Å². The average molecular weight is 431 g/mol. The minimum absolute atomic E-state index is 0.0481. The number of anilines is 1. The van der Waals surface area contributed by atoms with Crippen molar-refractivity contribution >= 4 is 40.3 Å². The molecule has 0 unspecified atom stereocenters. The summed E-state index contributed by atoms with van der Waals surface area (Å²) in [5.74, 6) is 0.113. The fraction of sp³-hybridized carbons (Fsp3) is 0.300. The molecule has 0 saturated carbocycles. The van der Waals surface area contributed by atoms with Crippen molar-refractivity contribution in [3.05, 3.63) is 57.5 Å². The van der Waals surface area contributed by atoms with Gasteiger partial charge in [0.05, 0.1) is 46.4 Å². The van der Waals surface area contributed by atoms with Crippen molar-refractivity contribution in [1.82, 2.24) is 15.0 Å². The van der Waals surface area contributed by atoms with Crippen molar-refractivity contribution < 1.29 is 14.3 Å². The number of hydrogen-bond donors (Lipinski definition) is 0. The number of nitrogens with zero attached hydrogens (tertiary/aromatic N) is 4. The maximum absolute atomic E-state index is 12.2. The molecule has 1 aliphatic heterocycles. The number of halogens is 1. The number of ether oxygens (including phenoxy) is 1. The molecule has 1 fully saturated rings. The topological polar surface area (TPSA) is 77.3 Å². The van der Waals surface area contributed by atoms with E-state index in [1.165, 1.54) is 11.3 Å². The molecule has 1 saturated heterocycles. The lowest BCUT2D eigenvalue weighted by atomic mass is 10.1. The molecule has 1 amide bonds. The molecule has 0 bridgehead atoms. The summed E-state index contributed by atoms with van der Waals surface area (Å²) in [7, 11) is 0. The number of hydrogen-bond acceptors (Lipinski definition) is 6. The Hall–Kier alpha value is -2.55. The molecule has 0 radical (unpaired) electrons. The van der Waals surface area contributed by atoms with Gasteiger partial charge in [0, 0.05) is 25.1 Å². The number of ketones is 1. The molecule has 0 atom stereocenters. The van der Waals surface area contributed by atoms with Crippen molar-refractivity contribution in [3.8, 4) is 5.69 Å². The van der Waals surface area contributed by atoms with E-state index in [1.807, 2.05) is 30.5 Å². The van der Waals surface area contributed by atoms with Gasteiger partial charge in [-0.05, 0) is 36.4 Å². The Morgan fingerprint density at radius 1 is 1.14 bits per heavy atom. The molecule has 1 aromatic carbocycles. The third-order valence-corrected chi connectivity index (χ3v) is 5.92. The van der Waals surface area contributed by atoms with Gasteiger partial charge in [-0.15, -0.1) is 16.4 Å². The second-order valence-corrected chi connectivity index (χ2v) is 8.32. The van der Waals surface area contributed by atoms with Gasteiger partial charge in [0.1, 0.15) is 0 Å². The smallest absolute Gasteiger partial charge is 0.229 e. The van der Waals surface area contributed by atoms with Gasteiger partial charge >= 0.3 is 0 Å². The monoisotopic (exact) mass is 430 g/mol. The molecular formula is C20H19ClN4O3S. The van der Waals surface area contributed by atoms with Gasteiger partial charge in [-0.3, -0.25) is 9.59 Å². The van der Waals surface area contributed by atoms with Gasteiger partial charge in [-0.2, -0.15) is 0 Å². The van der Waals surface area contributed by atoms with Crippen molar-refractivity contribution in [3.63, 3.8) is 0 Å². The van der Waals surface area contributed by atoms with Crippen LogP contribution < -0.4 is 4.90 Å². The van der Waals surface area contributed by atoms with E-state index in [2.05, 4.69) is 10.3 Å². The van der Waals surface area contributed by atoms with E-state index >= 15 is 0 Å². The number of carbonyl (C=O) groups excluding carboxylic acids is 2. The standard InChI is InChI=1S/C20H19ClN4O3S/c21-19-8-7-18(29-19)17(26)6-1-14-13-25(23-22-14)16-4-2-15(3-5-16)24-10-12-28-11-9-20(24)27/h2-5,7-8,13H,1,6,9-12H2. The highest BCUT2D eigenvalue weighted by atomic mass is 35.5. The minimum atomic E-state index is 0.0481. The van der Waals surface area contributed by atoms with Crippen LogP contribution in [0.1, 0.15) is 28.2 Å². The highest BCUT2D eigenvalue weighted by Gasteiger charge is 2.18. The molecule has 0 N–H and O–H groups in total. The minimum Gasteiger partial charge on any atom is -0.379 e. The van der Waals surface area contributed by atoms with E-state index < -0.39 is 0 Å². The van der Waals surface area contributed by atoms with Crippen molar-refractivity contribution in [2.45, 2.75) is 19.3 Å². The lowest BCUT2D eigenvalue weighted by Gasteiger charge is -2.20. The Balaban J connectivity index is 1.40. The van der Waals surface area contributed by atoms with Crippen LogP contribution >= 0.6 is 22.9 Å². The first-order chi connectivity index (χ1) is 14.1. The number of benzene rings is 1. The summed E-state index contributed by atoms with van der Waals surface area (Å²) in [6.45, 7) is 1.56. The number of aryl methyl sites for hydroxylation is 1. The molecule has 3 aromatic rings. The van der Waals surface area contributed by atoms with Crippen LogP contribution in [-0.4, -0.2) is 46.4 Å². The lowest BCUT2D eigenvalue weighted by molar-refractivity contribution is -0.118. The SMILES string of the molecule is O=C(CCc1cn(-c2ccc(N3CCOCCC3=O)cc2)nn1)c1ccc(Cl)s1. The van der Waals surface area contributed by atoms with E-state index in [4.69, 9.17) is 16.3 Å². The largest absolute Gasteiger partial charge is 0.379 e. The Labute approximate surface area is 176 Å². The number of rotatable bonds is 6. The first kappa shape index (κ1) is 19.8. The Morgan fingerprint density at radius 3 is 2.69 bits per heavy atom. The van der Waals surface area contributed by atoms with Crippen LogP contribution in [0, 0.1) is 0 Å². The van der Waals surface area contributed by atoms with E-state index in [-0.39, 0.29) is 11.7 Å². The summed E-state index contributed by atoms with van der Waals surface area (Å²) in [5.41, 5.74) is 2.41. The molecule has 9 heteroatoms. The number of carbonyl (C=O) groups is 2. The normalized spacial score (nSPS) is 14.8. The molecule has 3 heterocycles. The van der Waals surface area contributed by atoms with Gasteiger partial charge in [0.2, 0.25) is 5.91 Å². The fourth-order valence-electron chi connectivity index (χ4n) is 3.10. The maximum atomic E-state index is 12.2. The third kappa shape index (κ3) is 4.72. The van der Waals surface area contributed by atoms with Crippen LogP contribution in [0.4, 0.5) is 5.69 Å². The fourth-order valence-corrected chi connectivity index (χ4v) is 4.11.